The number of furan rings is 1. The molecule has 2 aromatic carbocycles. The highest BCUT2D eigenvalue weighted by atomic mass is 16.3. The number of para-hydroxylation sites is 1. The Hall–Kier alpha value is -2.28. The minimum absolute atomic E-state index is 1.01. The Morgan fingerprint density at radius 1 is 0.789 bits per heavy atom. The molecule has 0 aliphatic heterocycles. The van der Waals surface area contributed by atoms with Crippen molar-refractivity contribution in [1.29, 1.82) is 0 Å². The molecule has 0 amide bonds. The van der Waals surface area contributed by atoms with E-state index in [1.165, 1.54) is 21.7 Å². The molecule has 0 saturated heterocycles. The van der Waals surface area contributed by atoms with Crippen molar-refractivity contribution in [3.63, 3.8) is 0 Å². The Balaban J connectivity index is 2.12. The second-order valence-corrected chi connectivity index (χ2v) is 4.91. The van der Waals surface area contributed by atoms with E-state index in [0.29, 0.717) is 0 Å². The highest BCUT2D eigenvalue weighted by Gasteiger charge is 2.10. The average molecular weight is 246 g/mol. The minimum Gasteiger partial charge on any atom is -0.456 e. The van der Waals surface area contributed by atoms with Crippen LogP contribution < -0.4 is 10.6 Å². The van der Waals surface area contributed by atoms with Crippen LogP contribution in [-0.2, 0) is 0 Å². The third-order valence-corrected chi connectivity index (χ3v) is 3.71. The Morgan fingerprint density at radius 2 is 1.63 bits per heavy atom. The summed E-state index contributed by atoms with van der Waals surface area (Å²) in [4.78, 5) is 0. The van der Waals surface area contributed by atoms with Crippen LogP contribution in [0.5, 0.6) is 0 Å². The summed E-state index contributed by atoms with van der Waals surface area (Å²) in [5, 5.41) is 2.49. The predicted octanol–water partition coefficient (Wildman–Crippen LogP) is 3.45. The topological polar surface area (TPSA) is 13.1 Å². The molecule has 0 atom stereocenters. The van der Waals surface area contributed by atoms with E-state index < -0.39 is 0 Å². The van der Waals surface area contributed by atoms with Gasteiger partial charge < -0.3 is 4.42 Å². The maximum atomic E-state index is 6.09. The lowest BCUT2D eigenvalue weighted by atomic mass is 10.0. The van der Waals surface area contributed by atoms with Crippen molar-refractivity contribution in [1.82, 2.24) is 0 Å². The van der Waals surface area contributed by atoms with Crippen molar-refractivity contribution in [3.05, 3.63) is 59.2 Å². The Kier molecular flexibility index (Phi) is 2.31. The Labute approximate surface area is 111 Å². The van der Waals surface area contributed by atoms with Crippen molar-refractivity contribution >= 4 is 23.1 Å². The number of hydrogen-bond acceptors (Lipinski definition) is 1. The zero-order valence-corrected chi connectivity index (χ0v) is 10.6. The number of fused-ring (bicyclic) bond motifs is 3. The summed E-state index contributed by atoms with van der Waals surface area (Å²) in [6, 6.07) is 16.8. The zero-order chi connectivity index (χ0) is 12.7. The fourth-order valence-corrected chi connectivity index (χ4v) is 2.81. The molecule has 4 rings (SSSR count). The molecule has 19 heavy (non-hydrogen) atoms. The summed E-state index contributed by atoms with van der Waals surface area (Å²) in [5.74, 6) is 0. The smallest absolute Gasteiger partial charge is 0.143 e. The first-order valence-corrected chi connectivity index (χ1v) is 6.71. The van der Waals surface area contributed by atoms with Crippen molar-refractivity contribution in [3.8, 4) is 11.1 Å². The highest BCUT2D eigenvalue weighted by molar-refractivity contribution is 5.93. The minimum atomic E-state index is 1.01. The fourth-order valence-electron chi connectivity index (χ4n) is 2.81. The summed E-state index contributed by atoms with van der Waals surface area (Å²) < 4.78 is 6.09. The number of benzene rings is 2. The molecular weight excluding hydrogens is 232 g/mol. The summed E-state index contributed by atoms with van der Waals surface area (Å²) in [6.07, 6.45) is 6.67. The quantitative estimate of drug-likeness (QED) is 0.641. The van der Waals surface area contributed by atoms with Crippen LogP contribution in [0, 0.1) is 0 Å². The van der Waals surface area contributed by atoms with Crippen LogP contribution in [0.1, 0.15) is 12.8 Å². The second-order valence-electron chi connectivity index (χ2n) is 4.91. The first-order valence-electron chi connectivity index (χ1n) is 6.71. The van der Waals surface area contributed by atoms with Gasteiger partial charge >= 0.3 is 0 Å². The van der Waals surface area contributed by atoms with E-state index in [4.69, 9.17) is 4.42 Å². The van der Waals surface area contributed by atoms with Crippen molar-refractivity contribution in [2.45, 2.75) is 12.8 Å². The molecule has 0 spiro atoms. The molecule has 0 unspecified atom stereocenters. The number of rotatable bonds is 1. The summed E-state index contributed by atoms with van der Waals surface area (Å²) >= 11 is 0. The molecule has 1 aromatic heterocycles. The van der Waals surface area contributed by atoms with Crippen molar-refractivity contribution in [2.75, 3.05) is 0 Å². The van der Waals surface area contributed by atoms with Crippen LogP contribution in [0.3, 0.4) is 0 Å². The molecule has 0 radical (unpaired) electrons. The van der Waals surface area contributed by atoms with E-state index in [1.807, 2.05) is 6.07 Å². The molecule has 1 heteroatoms. The van der Waals surface area contributed by atoms with E-state index in [0.717, 1.165) is 23.8 Å². The lowest BCUT2D eigenvalue weighted by Crippen LogP contribution is -2.21. The first-order chi connectivity index (χ1) is 9.43. The number of hydrogen-bond donors (Lipinski definition) is 0. The van der Waals surface area contributed by atoms with Gasteiger partial charge in [0.15, 0.2) is 0 Å². The molecule has 1 nitrogen and oxygen atoms in total. The molecule has 1 aliphatic carbocycles. The van der Waals surface area contributed by atoms with Gasteiger partial charge in [-0.05, 0) is 24.5 Å². The zero-order valence-electron chi connectivity index (χ0n) is 10.6. The van der Waals surface area contributed by atoms with E-state index >= 15 is 0 Å². The fraction of sp³-hybridized carbons (Fsp3) is 0.111. The lowest BCUT2D eigenvalue weighted by Gasteiger charge is -2.01. The van der Waals surface area contributed by atoms with Gasteiger partial charge in [-0.25, -0.2) is 0 Å². The maximum Gasteiger partial charge on any atom is 0.143 e. The summed E-state index contributed by atoms with van der Waals surface area (Å²) in [6.45, 7) is 0. The Bertz CT molecular complexity index is 854. The van der Waals surface area contributed by atoms with E-state index in [2.05, 4.69) is 54.6 Å². The monoisotopic (exact) mass is 246 g/mol. The van der Waals surface area contributed by atoms with Crippen LogP contribution in [0.25, 0.3) is 34.2 Å². The summed E-state index contributed by atoms with van der Waals surface area (Å²) in [7, 11) is 0. The van der Waals surface area contributed by atoms with Crippen LogP contribution >= 0.6 is 0 Å². The van der Waals surface area contributed by atoms with Gasteiger partial charge in [0.1, 0.15) is 11.0 Å². The van der Waals surface area contributed by atoms with Gasteiger partial charge in [-0.1, -0.05) is 54.6 Å². The SMILES string of the molecule is C1=c2oc3c(-c4ccccc4)cccc3c2=CCC1. The molecule has 0 fully saturated rings. The average Bonchev–Trinajstić information content (AvgIpc) is 2.87. The normalized spacial score (nSPS) is 13.7. The van der Waals surface area contributed by atoms with Gasteiger partial charge in [0.05, 0.1) is 0 Å². The van der Waals surface area contributed by atoms with Gasteiger partial charge in [0.2, 0.25) is 0 Å². The first kappa shape index (κ1) is 10.6. The van der Waals surface area contributed by atoms with E-state index in [-0.39, 0.29) is 0 Å². The van der Waals surface area contributed by atoms with Gasteiger partial charge in [0, 0.05) is 16.2 Å². The third-order valence-electron chi connectivity index (χ3n) is 3.71. The van der Waals surface area contributed by atoms with Crippen LogP contribution in [0.15, 0.2) is 52.9 Å². The van der Waals surface area contributed by atoms with Gasteiger partial charge in [0.25, 0.3) is 0 Å². The molecule has 92 valence electrons. The van der Waals surface area contributed by atoms with Crippen molar-refractivity contribution < 1.29 is 4.42 Å². The summed E-state index contributed by atoms with van der Waals surface area (Å²) in [5.41, 5.74) is 4.42. The molecular formula is C18H14O. The Morgan fingerprint density at radius 3 is 2.53 bits per heavy atom. The molecule has 0 bridgehead atoms. The van der Waals surface area contributed by atoms with Gasteiger partial charge in [-0.2, -0.15) is 0 Å². The molecule has 1 aliphatic rings. The molecule has 0 N–H and O–H groups in total. The third kappa shape index (κ3) is 1.62. The predicted molar refractivity (Wildman–Crippen MR) is 79.1 cm³/mol. The largest absolute Gasteiger partial charge is 0.456 e. The van der Waals surface area contributed by atoms with Crippen molar-refractivity contribution in [2.24, 2.45) is 0 Å². The van der Waals surface area contributed by atoms with Crippen LogP contribution in [0.4, 0.5) is 0 Å². The van der Waals surface area contributed by atoms with E-state index in [1.54, 1.807) is 0 Å². The maximum absolute atomic E-state index is 6.09. The standard InChI is InChI=1S/C18H14O/c1-2-7-13(8-3-1)14-10-6-11-16-15-9-4-5-12-17(15)19-18(14)16/h1-3,6-12H,4-5H2. The van der Waals surface area contributed by atoms with Gasteiger partial charge in [-0.3, -0.25) is 0 Å². The highest BCUT2D eigenvalue weighted by Crippen LogP contribution is 2.26. The molecule has 3 aromatic rings. The van der Waals surface area contributed by atoms with Crippen LogP contribution in [0.2, 0.25) is 0 Å². The van der Waals surface area contributed by atoms with Gasteiger partial charge in [-0.15, -0.1) is 0 Å². The molecule has 1 heterocycles. The lowest BCUT2D eigenvalue weighted by molar-refractivity contribution is 0.572. The molecule has 0 saturated carbocycles. The second kappa shape index (κ2) is 4.13. The van der Waals surface area contributed by atoms with E-state index in [9.17, 15) is 0 Å². The van der Waals surface area contributed by atoms with Crippen LogP contribution in [-0.4, -0.2) is 0 Å².